The normalized spacial score (nSPS) is 16.8. The summed E-state index contributed by atoms with van der Waals surface area (Å²) in [4.78, 5) is 112. The fourth-order valence-corrected chi connectivity index (χ4v) is 5.20. The summed E-state index contributed by atoms with van der Waals surface area (Å²) in [5.41, 5.74) is 11.0. The number of aliphatic hydroxyl groups excluding tert-OH is 1. The van der Waals surface area contributed by atoms with Crippen LogP contribution in [0.5, 0.6) is 0 Å². The fourth-order valence-electron chi connectivity index (χ4n) is 5.20. The van der Waals surface area contributed by atoms with E-state index in [1.807, 2.05) is 0 Å². The zero-order valence-corrected chi connectivity index (χ0v) is 29.6. The maximum Gasteiger partial charge on any atom is 0.326 e. The van der Waals surface area contributed by atoms with Crippen LogP contribution >= 0.6 is 0 Å². The van der Waals surface area contributed by atoms with Crippen LogP contribution < -0.4 is 43.4 Å². The molecule has 13 N–H and O–H groups in total. The number of likely N-dealkylation sites (tertiary alicyclic amines) is 1. The third-order valence-electron chi connectivity index (χ3n) is 7.90. The number of carboxylic acids is 2. The highest BCUT2D eigenvalue weighted by Gasteiger charge is 2.37. The molecule has 6 atom stereocenters. The number of carbonyl (C=O) groups excluding carboxylic acids is 7. The van der Waals surface area contributed by atoms with Crippen molar-refractivity contribution in [2.24, 2.45) is 17.4 Å². The molecule has 0 aromatic heterocycles. The minimum Gasteiger partial charge on any atom is -0.481 e. The number of nitrogens with two attached hydrogens (primary N) is 2. The van der Waals surface area contributed by atoms with Crippen molar-refractivity contribution in [1.82, 2.24) is 36.8 Å². The van der Waals surface area contributed by atoms with Gasteiger partial charge < -0.3 is 63.6 Å². The quantitative estimate of drug-likeness (QED) is 0.0438. The van der Waals surface area contributed by atoms with Crippen LogP contribution in [0, 0.1) is 5.92 Å². The van der Waals surface area contributed by atoms with Crippen LogP contribution in [0.4, 0.5) is 0 Å². The van der Waals surface area contributed by atoms with Crippen LogP contribution in [-0.4, -0.2) is 143 Å². The topological polar surface area (TPSA) is 342 Å². The van der Waals surface area contributed by atoms with Crippen molar-refractivity contribution in [2.45, 2.75) is 102 Å². The molecule has 0 aromatic rings. The molecular formula is C31H53N9O12. The summed E-state index contributed by atoms with van der Waals surface area (Å²) >= 11 is 0. The summed E-state index contributed by atoms with van der Waals surface area (Å²) in [5.74, 6) is -8.17. The Balaban J connectivity index is 2.67. The lowest BCUT2D eigenvalue weighted by Crippen LogP contribution is -2.56. The zero-order chi connectivity index (χ0) is 39.5. The second-order valence-electron chi connectivity index (χ2n) is 12.8. The molecule has 1 heterocycles. The Morgan fingerprint density at radius 1 is 0.788 bits per heavy atom. The van der Waals surface area contributed by atoms with Gasteiger partial charge in [-0.25, -0.2) is 4.79 Å². The minimum absolute atomic E-state index is 0.0783. The van der Waals surface area contributed by atoms with Crippen molar-refractivity contribution in [1.29, 1.82) is 0 Å². The number of amides is 7. The Bertz CT molecular complexity index is 1300. The van der Waals surface area contributed by atoms with Gasteiger partial charge in [-0.15, -0.1) is 0 Å². The number of hydrogen-bond acceptors (Lipinski definition) is 12. The van der Waals surface area contributed by atoms with Gasteiger partial charge in [-0.05, 0) is 57.9 Å². The van der Waals surface area contributed by atoms with Gasteiger partial charge in [-0.2, -0.15) is 0 Å². The van der Waals surface area contributed by atoms with Crippen LogP contribution in [0.3, 0.4) is 0 Å². The standard InChI is InChI=1S/C31H53N9O12/c1-16(2)11-20(28(48)39-19(31(51)52)7-4-5-9-32)37-23(42)13-34-27(47)21(15-41)38-24(43)14-35-29(49)22-8-6-10-40(22)30(50)17(3)36-26(46)18(33)12-25(44)45/h16-22,41H,4-15,32-33H2,1-3H3,(H,34,47)(H,35,49)(H,36,46)(H,37,42)(H,38,43)(H,39,48)(H,44,45)(H,51,52)/t17-,18-,19-,20-,21-,22-/m0/s1. The van der Waals surface area contributed by atoms with Crippen LogP contribution in [-0.2, 0) is 43.2 Å². The van der Waals surface area contributed by atoms with Crippen molar-refractivity contribution in [2.75, 3.05) is 32.8 Å². The Morgan fingerprint density at radius 2 is 1.40 bits per heavy atom. The average Bonchev–Trinajstić information content (AvgIpc) is 3.57. The molecule has 0 aliphatic carbocycles. The van der Waals surface area contributed by atoms with Crippen molar-refractivity contribution in [3.8, 4) is 0 Å². The first-order valence-electron chi connectivity index (χ1n) is 17.0. The van der Waals surface area contributed by atoms with Gasteiger partial charge >= 0.3 is 11.9 Å². The lowest BCUT2D eigenvalue weighted by Gasteiger charge is -2.27. The third kappa shape index (κ3) is 16.0. The summed E-state index contributed by atoms with van der Waals surface area (Å²) in [6, 6.07) is -7.34. The summed E-state index contributed by atoms with van der Waals surface area (Å²) < 4.78 is 0. The van der Waals surface area contributed by atoms with Gasteiger partial charge in [-0.1, -0.05) is 13.8 Å². The van der Waals surface area contributed by atoms with E-state index in [1.54, 1.807) is 13.8 Å². The summed E-state index contributed by atoms with van der Waals surface area (Å²) in [6.07, 6.45) is 1.37. The first-order valence-corrected chi connectivity index (χ1v) is 17.0. The molecule has 1 aliphatic rings. The Morgan fingerprint density at radius 3 is 1.96 bits per heavy atom. The van der Waals surface area contributed by atoms with Gasteiger partial charge in [0.2, 0.25) is 41.4 Å². The highest BCUT2D eigenvalue weighted by atomic mass is 16.4. The molecule has 21 nitrogen and oxygen atoms in total. The minimum atomic E-state index is -1.53. The first kappa shape index (κ1) is 45.1. The van der Waals surface area contributed by atoms with E-state index in [-0.39, 0.29) is 31.7 Å². The monoisotopic (exact) mass is 743 g/mol. The van der Waals surface area contributed by atoms with Crippen LogP contribution in [0.1, 0.15) is 65.7 Å². The molecule has 1 fully saturated rings. The van der Waals surface area contributed by atoms with Crippen molar-refractivity contribution in [3.05, 3.63) is 0 Å². The Hall–Kier alpha value is -4.89. The van der Waals surface area contributed by atoms with E-state index >= 15 is 0 Å². The first-order chi connectivity index (χ1) is 24.4. The molecule has 52 heavy (non-hydrogen) atoms. The summed E-state index contributed by atoms with van der Waals surface area (Å²) in [5, 5.41) is 42.0. The summed E-state index contributed by atoms with van der Waals surface area (Å²) in [7, 11) is 0. The average molecular weight is 744 g/mol. The fraction of sp³-hybridized carbons (Fsp3) is 0.710. The smallest absolute Gasteiger partial charge is 0.326 e. The van der Waals surface area contributed by atoms with Crippen molar-refractivity contribution < 1.29 is 58.5 Å². The van der Waals surface area contributed by atoms with Crippen LogP contribution in [0.2, 0.25) is 0 Å². The van der Waals surface area contributed by atoms with E-state index in [1.165, 1.54) is 11.8 Å². The van der Waals surface area contributed by atoms with Gasteiger partial charge in [-0.3, -0.25) is 38.4 Å². The number of carboxylic acid groups (broad SMARTS) is 2. The van der Waals surface area contributed by atoms with E-state index < -0.39 is 116 Å². The SMILES string of the molecule is CC(C)C[C@H](NC(=O)CNC(=O)[C@H](CO)NC(=O)CNC(=O)[C@@H]1CCCN1C(=O)[C@H](C)NC(=O)[C@@H](N)CC(=O)O)C(=O)N[C@@H](CCCCN)C(=O)O. The maximum absolute atomic E-state index is 12.9. The van der Waals surface area contributed by atoms with Crippen LogP contribution in [0.25, 0.3) is 0 Å². The molecule has 1 rings (SSSR count). The van der Waals surface area contributed by atoms with E-state index in [0.29, 0.717) is 25.8 Å². The molecule has 21 heteroatoms. The molecule has 0 spiro atoms. The van der Waals surface area contributed by atoms with Gasteiger partial charge in [0.1, 0.15) is 30.2 Å². The predicted molar refractivity (Wildman–Crippen MR) is 181 cm³/mol. The summed E-state index contributed by atoms with van der Waals surface area (Å²) in [6.45, 7) is 3.28. The molecule has 0 bridgehead atoms. The molecule has 0 saturated carbocycles. The lowest BCUT2D eigenvalue weighted by atomic mass is 10.0. The van der Waals surface area contributed by atoms with E-state index in [0.717, 1.165) is 0 Å². The molecule has 7 amide bonds. The number of rotatable bonds is 23. The Labute approximate surface area is 300 Å². The third-order valence-corrected chi connectivity index (χ3v) is 7.90. The van der Waals surface area contributed by atoms with Gasteiger partial charge in [0.05, 0.1) is 32.2 Å². The molecule has 0 unspecified atom stereocenters. The number of unbranched alkanes of at least 4 members (excludes halogenated alkanes) is 1. The highest BCUT2D eigenvalue weighted by molar-refractivity contribution is 5.96. The molecule has 1 saturated heterocycles. The molecule has 294 valence electrons. The zero-order valence-electron chi connectivity index (χ0n) is 29.6. The molecule has 0 aromatic carbocycles. The largest absolute Gasteiger partial charge is 0.481 e. The predicted octanol–water partition coefficient (Wildman–Crippen LogP) is -4.78. The van der Waals surface area contributed by atoms with Gasteiger partial charge in [0.25, 0.3) is 0 Å². The van der Waals surface area contributed by atoms with Crippen molar-refractivity contribution in [3.63, 3.8) is 0 Å². The van der Waals surface area contributed by atoms with Gasteiger partial charge in [0.15, 0.2) is 0 Å². The number of aliphatic hydroxyl groups is 1. The highest BCUT2D eigenvalue weighted by Crippen LogP contribution is 2.18. The van der Waals surface area contributed by atoms with E-state index in [2.05, 4.69) is 31.9 Å². The van der Waals surface area contributed by atoms with Crippen LogP contribution in [0.15, 0.2) is 0 Å². The molecular weight excluding hydrogens is 690 g/mol. The maximum atomic E-state index is 12.9. The number of aliphatic carboxylic acids is 2. The van der Waals surface area contributed by atoms with E-state index in [4.69, 9.17) is 16.6 Å². The number of nitrogens with zero attached hydrogens (tertiary/aromatic N) is 1. The molecule has 1 aliphatic heterocycles. The second-order valence-corrected chi connectivity index (χ2v) is 12.8. The van der Waals surface area contributed by atoms with Gasteiger partial charge in [0, 0.05) is 6.54 Å². The second kappa shape index (κ2) is 22.8. The van der Waals surface area contributed by atoms with E-state index in [9.17, 15) is 53.4 Å². The Kier molecular flexibility index (Phi) is 19.8. The molecule has 0 radical (unpaired) electrons. The lowest BCUT2D eigenvalue weighted by molar-refractivity contribution is -0.142. The number of hydrogen-bond donors (Lipinski definition) is 11. The number of nitrogens with one attached hydrogen (secondary N) is 6. The van der Waals surface area contributed by atoms with Crippen molar-refractivity contribution >= 4 is 53.3 Å². The number of carbonyl (C=O) groups is 9.